The van der Waals surface area contributed by atoms with Crippen LogP contribution < -0.4 is 0 Å². The lowest BCUT2D eigenvalue weighted by atomic mass is 10.00. The molecule has 2 unspecified atom stereocenters. The molecule has 0 aromatic rings. The summed E-state index contributed by atoms with van der Waals surface area (Å²) < 4.78 is 14.2. The van der Waals surface area contributed by atoms with E-state index in [0.29, 0.717) is 17.3 Å². The van der Waals surface area contributed by atoms with Crippen LogP contribution in [0.5, 0.6) is 0 Å². The van der Waals surface area contributed by atoms with E-state index in [2.05, 4.69) is 44.9 Å². The third-order valence-electron chi connectivity index (χ3n) is 5.16. The standard InChI is InChI=1S/C12H24O3.C10H16N2S.C7H16.2C2H6/c1-7-9(3)10(8-2)14-11(13)15-12(4,5)6;1-4-6-7-9(5-2)10(12-13)8(3)11;1-3-5-7-6-4-2;2*1-2/h9-10H,7-8H2,1-6H3;4,6-7,11,13H,5H2,1-3H3;3-7H2,1-2H3;2*1-2H3/b;6-4-,9-7+,11-8?,12-10+;;;. The van der Waals surface area contributed by atoms with E-state index in [1.54, 1.807) is 6.92 Å². The van der Waals surface area contributed by atoms with Crippen LogP contribution in [0.1, 0.15) is 155 Å². The second-order valence-corrected chi connectivity index (χ2v) is 9.82. The van der Waals surface area contributed by atoms with Crippen molar-refractivity contribution in [1.82, 2.24) is 0 Å². The number of hydrogen-bond donors (Lipinski definition) is 2. The first-order valence-electron chi connectivity index (χ1n) is 15.4. The topological polar surface area (TPSA) is 71.7 Å². The molecule has 0 heterocycles. The number of carbonyl (C=O) groups excluding carboxylic acids is 1. The zero-order valence-corrected chi connectivity index (χ0v) is 29.6. The van der Waals surface area contributed by atoms with Crippen molar-refractivity contribution in [2.24, 2.45) is 10.3 Å². The molecule has 0 aliphatic heterocycles. The van der Waals surface area contributed by atoms with Gasteiger partial charge in [-0.1, -0.05) is 126 Å². The number of unbranched alkanes of at least 4 members (excludes halogenated alkanes) is 4. The Bertz CT molecular complexity index is 631. The summed E-state index contributed by atoms with van der Waals surface area (Å²) in [6.45, 7) is 29.9. The monoisotopic (exact) mass is 572 g/mol. The van der Waals surface area contributed by atoms with Gasteiger partial charge >= 0.3 is 6.16 Å². The van der Waals surface area contributed by atoms with Gasteiger partial charge < -0.3 is 14.9 Å². The second kappa shape index (κ2) is 34.5. The Morgan fingerprint density at radius 3 is 1.72 bits per heavy atom. The maximum atomic E-state index is 11.4. The zero-order valence-electron chi connectivity index (χ0n) is 28.7. The molecule has 39 heavy (non-hydrogen) atoms. The highest BCUT2D eigenvalue weighted by Crippen LogP contribution is 2.17. The van der Waals surface area contributed by atoms with Crippen molar-refractivity contribution in [1.29, 1.82) is 5.41 Å². The lowest BCUT2D eigenvalue weighted by molar-refractivity contribution is -0.0389. The molecule has 5 nitrogen and oxygen atoms in total. The molecule has 0 aliphatic rings. The summed E-state index contributed by atoms with van der Waals surface area (Å²) in [5.74, 6) is 0.377. The van der Waals surface area contributed by atoms with E-state index in [1.165, 1.54) is 32.1 Å². The average molecular weight is 573 g/mol. The zero-order chi connectivity index (χ0) is 31.9. The van der Waals surface area contributed by atoms with Gasteiger partial charge in [-0.3, -0.25) is 0 Å². The number of ether oxygens (including phenoxy) is 2. The summed E-state index contributed by atoms with van der Waals surface area (Å²) in [5, 5.41) is 7.48. The fourth-order valence-electron chi connectivity index (χ4n) is 2.90. The van der Waals surface area contributed by atoms with Crippen molar-refractivity contribution in [3.63, 3.8) is 0 Å². The highest BCUT2D eigenvalue weighted by Gasteiger charge is 2.23. The number of allylic oxidation sites excluding steroid dienone is 4. The van der Waals surface area contributed by atoms with Gasteiger partial charge in [-0.05, 0) is 71.8 Å². The summed E-state index contributed by atoms with van der Waals surface area (Å²) in [4.78, 5) is 11.4. The molecule has 6 heteroatoms. The van der Waals surface area contributed by atoms with Crippen LogP contribution in [-0.2, 0) is 9.47 Å². The highest BCUT2D eigenvalue weighted by atomic mass is 32.1. The molecule has 0 rings (SSSR count). The molecule has 0 radical (unpaired) electrons. The van der Waals surface area contributed by atoms with Crippen molar-refractivity contribution in [2.45, 2.75) is 167 Å². The largest absolute Gasteiger partial charge is 0.509 e. The summed E-state index contributed by atoms with van der Waals surface area (Å²) in [6, 6.07) is 0. The van der Waals surface area contributed by atoms with Gasteiger partial charge in [0.15, 0.2) is 0 Å². The lowest BCUT2D eigenvalue weighted by Crippen LogP contribution is -2.30. The minimum absolute atomic E-state index is 0.0372. The molecule has 1 N–H and O–H groups in total. The Morgan fingerprint density at radius 2 is 1.44 bits per heavy atom. The van der Waals surface area contributed by atoms with Crippen molar-refractivity contribution >= 4 is 30.4 Å². The normalized spacial score (nSPS) is 12.6. The summed E-state index contributed by atoms with van der Waals surface area (Å²) in [6.07, 6.45) is 15.0. The number of nitrogens with one attached hydrogen (secondary N) is 1. The molecule has 0 spiro atoms. The van der Waals surface area contributed by atoms with Gasteiger partial charge in [-0.15, -0.1) is 0 Å². The van der Waals surface area contributed by atoms with Crippen molar-refractivity contribution in [3.05, 3.63) is 23.8 Å². The van der Waals surface area contributed by atoms with E-state index in [4.69, 9.17) is 14.9 Å². The molecule has 0 aliphatic carbocycles. The van der Waals surface area contributed by atoms with Crippen molar-refractivity contribution < 1.29 is 14.3 Å². The predicted octanol–water partition coefficient (Wildman–Crippen LogP) is 12.0. The summed E-state index contributed by atoms with van der Waals surface area (Å²) in [7, 11) is 0. The minimum Gasteiger partial charge on any atom is -0.431 e. The Morgan fingerprint density at radius 1 is 0.949 bits per heavy atom. The average Bonchev–Trinajstić information content (AvgIpc) is 2.91. The van der Waals surface area contributed by atoms with Crippen LogP contribution in [0.2, 0.25) is 0 Å². The smallest absolute Gasteiger partial charge is 0.431 e. The van der Waals surface area contributed by atoms with E-state index in [-0.39, 0.29) is 6.10 Å². The Kier molecular flexibility index (Phi) is 41.8. The van der Waals surface area contributed by atoms with Gasteiger partial charge in [-0.25, -0.2) is 9.19 Å². The number of carbonyl (C=O) groups is 1. The van der Waals surface area contributed by atoms with Gasteiger partial charge in [0.05, 0.1) is 11.4 Å². The van der Waals surface area contributed by atoms with E-state index in [0.717, 1.165) is 24.8 Å². The minimum atomic E-state index is -0.561. The fourth-order valence-corrected chi connectivity index (χ4v) is 3.17. The number of thiol groups is 1. The molecule has 0 aromatic heterocycles. The van der Waals surface area contributed by atoms with Crippen LogP contribution in [-0.4, -0.2) is 29.3 Å². The Balaban J connectivity index is -0.000000146. The highest BCUT2D eigenvalue weighted by molar-refractivity contribution is 7.79. The maximum Gasteiger partial charge on any atom is 0.509 e. The quantitative estimate of drug-likeness (QED) is 0.0803. The first-order chi connectivity index (χ1) is 18.4. The van der Waals surface area contributed by atoms with E-state index in [9.17, 15) is 4.79 Å². The van der Waals surface area contributed by atoms with E-state index in [1.807, 2.05) is 87.5 Å². The molecule has 234 valence electrons. The SMILES string of the molecule is CC.CC.CCC(C)C(CC)OC(=O)OC(C)(C)C.CCCCCCC.C\C=C/C=C(CC)/C(=N/S)C(C)=N. The molecule has 2 atom stereocenters. The van der Waals surface area contributed by atoms with Crippen LogP contribution in [0, 0.1) is 11.3 Å². The molecular weight excluding hydrogens is 504 g/mol. The van der Waals surface area contributed by atoms with E-state index >= 15 is 0 Å². The molecule has 0 saturated carbocycles. The van der Waals surface area contributed by atoms with Gasteiger partial charge in [-0.2, -0.15) is 0 Å². The van der Waals surface area contributed by atoms with Crippen molar-refractivity contribution in [2.75, 3.05) is 0 Å². The Labute approximate surface area is 250 Å². The molecular formula is C33H68N2O3S. The third-order valence-corrected chi connectivity index (χ3v) is 5.36. The van der Waals surface area contributed by atoms with Crippen molar-refractivity contribution in [3.8, 4) is 0 Å². The third kappa shape index (κ3) is 34.4. The second-order valence-electron chi connectivity index (χ2n) is 9.62. The Hall–Kier alpha value is -1.56. The van der Waals surface area contributed by atoms with Crippen LogP contribution in [0.4, 0.5) is 4.79 Å². The van der Waals surface area contributed by atoms with E-state index < -0.39 is 11.8 Å². The van der Waals surface area contributed by atoms with Crippen LogP contribution in [0.25, 0.3) is 0 Å². The molecule has 0 fully saturated rings. The first-order valence-corrected chi connectivity index (χ1v) is 15.8. The lowest BCUT2D eigenvalue weighted by Gasteiger charge is -2.24. The van der Waals surface area contributed by atoms with Gasteiger partial charge in [0.2, 0.25) is 0 Å². The molecule has 0 saturated heterocycles. The summed E-state index contributed by atoms with van der Waals surface area (Å²) >= 11 is 3.85. The first kappa shape index (κ1) is 47.2. The maximum absolute atomic E-state index is 11.4. The van der Waals surface area contributed by atoms with Crippen LogP contribution in [0.3, 0.4) is 0 Å². The van der Waals surface area contributed by atoms with Gasteiger partial charge in [0.25, 0.3) is 0 Å². The number of hydrogen-bond acceptors (Lipinski definition) is 6. The van der Waals surface area contributed by atoms with Crippen LogP contribution >= 0.6 is 12.8 Å². The molecule has 0 amide bonds. The molecule has 0 aromatic carbocycles. The van der Waals surface area contributed by atoms with Crippen LogP contribution in [0.15, 0.2) is 28.2 Å². The summed E-state index contributed by atoms with van der Waals surface area (Å²) in [5.41, 5.74) is 1.68. The number of nitrogens with zero attached hydrogens (tertiary/aromatic N) is 1. The van der Waals surface area contributed by atoms with Gasteiger partial charge in [0, 0.05) is 0 Å². The number of rotatable bonds is 12. The van der Waals surface area contributed by atoms with Gasteiger partial charge in [0.1, 0.15) is 11.7 Å². The predicted molar refractivity (Wildman–Crippen MR) is 181 cm³/mol. The fraction of sp³-hybridized carbons (Fsp3) is 0.788. The molecule has 0 bridgehead atoms.